The normalized spacial score (nSPS) is 12.4. The maximum atomic E-state index is 11.5. The van der Waals surface area contributed by atoms with Crippen LogP contribution < -0.4 is 5.32 Å². The SMILES string of the molecule is CCCOCCC(=O)NCC(CC(=O)O)CC(C)C. The predicted molar refractivity (Wildman–Crippen MR) is 73.9 cm³/mol. The van der Waals surface area contributed by atoms with Crippen molar-refractivity contribution in [1.29, 1.82) is 0 Å². The zero-order chi connectivity index (χ0) is 14.7. The standard InChI is InChI=1S/C14H27NO4/c1-4-6-19-7-5-13(16)15-10-12(8-11(2)3)9-14(17)18/h11-12H,4-10H2,1-3H3,(H,15,16)(H,17,18). The van der Waals surface area contributed by atoms with Crippen LogP contribution >= 0.6 is 0 Å². The molecule has 1 amide bonds. The molecule has 0 aromatic rings. The van der Waals surface area contributed by atoms with Gasteiger partial charge in [-0.15, -0.1) is 0 Å². The monoisotopic (exact) mass is 273 g/mol. The van der Waals surface area contributed by atoms with Gasteiger partial charge in [0.05, 0.1) is 6.61 Å². The summed E-state index contributed by atoms with van der Waals surface area (Å²) in [6.45, 7) is 7.64. The van der Waals surface area contributed by atoms with Gasteiger partial charge in [-0.25, -0.2) is 0 Å². The second-order valence-electron chi connectivity index (χ2n) is 5.26. The van der Waals surface area contributed by atoms with Gasteiger partial charge in [0.25, 0.3) is 0 Å². The summed E-state index contributed by atoms with van der Waals surface area (Å²) in [5, 5.41) is 11.6. The second kappa shape index (κ2) is 10.8. The number of hydrogen-bond donors (Lipinski definition) is 2. The summed E-state index contributed by atoms with van der Waals surface area (Å²) in [6.07, 6.45) is 2.18. The lowest BCUT2D eigenvalue weighted by Crippen LogP contribution is -2.31. The number of carbonyl (C=O) groups excluding carboxylic acids is 1. The van der Waals surface area contributed by atoms with Crippen molar-refractivity contribution in [3.8, 4) is 0 Å². The molecule has 1 unspecified atom stereocenters. The van der Waals surface area contributed by atoms with E-state index in [2.05, 4.69) is 19.2 Å². The first kappa shape index (κ1) is 17.9. The smallest absolute Gasteiger partial charge is 0.303 e. The Labute approximate surface area is 115 Å². The summed E-state index contributed by atoms with van der Waals surface area (Å²) in [6, 6.07) is 0. The zero-order valence-electron chi connectivity index (χ0n) is 12.3. The summed E-state index contributed by atoms with van der Waals surface area (Å²) < 4.78 is 5.23. The lowest BCUT2D eigenvalue weighted by Gasteiger charge is -2.17. The lowest BCUT2D eigenvalue weighted by atomic mass is 9.94. The van der Waals surface area contributed by atoms with Crippen LogP contribution in [0.15, 0.2) is 0 Å². The molecule has 5 nitrogen and oxygen atoms in total. The first-order valence-electron chi connectivity index (χ1n) is 7.01. The van der Waals surface area contributed by atoms with Crippen molar-refractivity contribution in [2.24, 2.45) is 11.8 Å². The van der Waals surface area contributed by atoms with Gasteiger partial charge >= 0.3 is 5.97 Å². The number of aliphatic carboxylic acids is 1. The van der Waals surface area contributed by atoms with Crippen LogP contribution in [-0.2, 0) is 14.3 Å². The lowest BCUT2D eigenvalue weighted by molar-refractivity contribution is -0.138. The van der Waals surface area contributed by atoms with Gasteiger partial charge in [-0.05, 0) is 24.7 Å². The van der Waals surface area contributed by atoms with Crippen LogP contribution in [0.1, 0.15) is 46.5 Å². The summed E-state index contributed by atoms with van der Waals surface area (Å²) in [7, 11) is 0. The molecule has 0 aromatic carbocycles. The number of hydrogen-bond acceptors (Lipinski definition) is 3. The van der Waals surface area contributed by atoms with E-state index >= 15 is 0 Å². The third-order valence-corrected chi connectivity index (χ3v) is 2.68. The Morgan fingerprint density at radius 2 is 1.95 bits per heavy atom. The van der Waals surface area contributed by atoms with Crippen molar-refractivity contribution >= 4 is 11.9 Å². The van der Waals surface area contributed by atoms with Crippen LogP contribution in [-0.4, -0.2) is 36.7 Å². The molecule has 0 radical (unpaired) electrons. The maximum absolute atomic E-state index is 11.5. The van der Waals surface area contributed by atoms with Crippen LogP contribution in [0.4, 0.5) is 0 Å². The van der Waals surface area contributed by atoms with E-state index in [-0.39, 0.29) is 18.2 Å². The van der Waals surface area contributed by atoms with Crippen LogP contribution in [0, 0.1) is 11.8 Å². The Hall–Kier alpha value is -1.10. The number of ether oxygens (including phenoxy) is 1. The first-order chi connectivity index (χ1) is 8.95. The average molecular weight is 273 g/mol. The van der Waals surface area contributed by atoms with E-state index in [1.807, 2.05) is 6.92 Å². The Balaban J connectivity index is 3.88. The van der Waals surface area contributed by atoms with Crippen LogP contribution in [0.5, 0.6) is 0 Å². The van der Waals surface area contributed by atoms with Gasteiger partial charge in [0, 0.05) is 26.0 Å². The Bertz CT molecular complexity index is 266. The average Bonchev–Trinajstić information content (AvgIpc) is 2.30. The molecule has 0 aliphatic rings. The molecular weight excluding hydrogens is 246 g/mol. The molecular formula is C14H27NO4. The van der Waals surface area contributed by atoms with Crippen molar-refractivity contribution in [2.75, 3.05) is 19.8 Å². The van der Waals surface area contributed by atoms with E-state index in [4.69, 9.17) is 9.84 Å². The minimum Gasteiger partial charge on any atom is -0.481 e. The Morgan fingerprint density at radius 1 is 1.26 bits per heavy atom. The molecule has 19 heavy (non-hydrogen) atoms. The quantitative estimate of drug-likeness (QED) is 0.565. The van der Waals surface area contributed by atoms with Crippen LogP contribution in [0.25, 0.3) is 0 Å². The molecule has 5 heteroatoms. The predicted octanol–water partition coefficient (Wildman–Crippen LogP) is 2.06. The molecule has 0 saturated carbocycles. The number of carboxylic acid groups (broad SMARTS) is 1. The van der Waals surface area contributed by atoms with Crippen LogP contribution in [0.2, 0.25) is 0 Å². The second-order valence-corrected chi connectivity index (χ2v) is 5.26. The molecule has 0 heterocycles. The van der Waals surface area contributed by atoms with Gasteiger partial charge in [0.15, 0.2) is 0 Å². The third-order valence-electron chi connectivity index (χ3n) is 2.68. The van der Waals surface area contributed by atoms with Crippen molar-refractivity contribution in [1.82, 2.24) is 5.32 Å². The highest BCUT2D eigenvalue weighted by Crippen LogP contribution is 2.14. The Kier molecular flexibility index (Phi) is 10.2. The van der Waals surface area contributed by atoms with Crippen molar-refractivity contribution in [3.63, 3.8) is 0 Å². The largest absolute Gasteiger partial charge is 0.481 e. The van der Waals surface area contributed by atoms with Crippen molar-refractivity contribution in [2.45, 2.75) is 46.5 Å². The minimum absolute atomic E-state index is 0.00184. The van der Waals surface area contributed by atoms with E-state index in [1.54, 1.807) is 0 Å². The highest BCUT2D eigenvalue weighted by Gasteiger charge is 2.15. The van der Waals surface area contributed by atoms with Gasteiger partial charge in [0.2, 0.25) is 5.91 Å². The summed E-state index contributed by atoms with van der Waals surface area (Å²) >= 11 is 0. The first-order valence-corrected chi connectivity index (χ1v) is 7.01. The number of rotatable bonds is 11. The molecule has 0 bridgehead atoms. The van der Waals surface area contributed by atoms with E-state index < -0.39 is 5.97 Å². The van der Waals surface area contributed by atoms with E-state index in [0.29, 0.717) is 32.1 Å². The molecule has 0 aliphatic heterocycles. The highest BCUT2D eigenvalue weighted by molar-refractivity contribution is 5.76. The van der Waals surface area contributed by atoms with E-state index in [9.17, 15) is 9.59 Å². The summed E-state index contributed by atoms with van der Waals surface area (Å²) in [5.74, 6) is -0.464. The number of amides is 1. The summed E-state index contributed by atoms with van der Waals surface area (Å²) in [5.41, 5.74) is 0. The van der Waals surface area contributed by atoms with Crippen LogP contribution in [0.3, 0.4) is 0 Å². The van der Waals surface area contributed by atoms with E-state index in [0.717, 1.165) is 12.8 Å². The molecule has 2 N–H and O–H groups in total. The minimum atomic E-state index is -0.814. The number of carboxylic acids is 1. The molecule has 0 aliphatic carbocycles. The summed E-state index contributed by atoms with van der Waals surface area (Å²) in [4.78, 5) is 22.3. The molecule has 112 valence electrons. The topological polar surface area (TPSA) is 75.6 Å². The molecule has 0 rings (SSSR count). The van der Waals surface area contributed by atoms with Gasteiger partial charge in [-0.3, -0.25) is 9.59 Å². The van der Waals surface area contributed by atoms with Gasteiger partial charge in [0.1, 0.15) is 0 Å². The molecule has 0 fully saturated rings. The maximum Gasteiger partial charge on any atom is 0.303 e. The van der Waals surface area contributed by atoms with Gasteiger partial charge < -0.3 is 15.2 Å². The third kappa shape index (κ3) is 11.7. The van der Waals surface area contributed by atoms with Crippen molar-refractivity contribution < 1.29 is 19.4 Å². The number of carbonyl (C=O) groups is 2. The Morgan fingerprint density at radius 3 is 2.47 bits per heavy atom. The fourth-order valence-electron chi connectivity index (χ4n) is 1.91. The van der Waals surface area contributed by atoms with Crippen molar-refractivity contribution in [3.05, 3.63) is 0 Å². The molecule has 0 aromatic heterocycles. The van der Waals surface area contributed by atoms with Gasteiger partial charge in [-0.2, -0.15) is 0 Å². The van der Waals surface area contributed by atoms with Gasteiger partial charge in [-0.1, -0.05) is 20.8 Å². The molecule has 0 spiro atoms. The zero-order valence-corrected chi connectivity index (χ0v) is 12.3. The fourth-order valence-corrected chi connectivity index (χ4v) is 1.91. The molecule has 1 atom stereocenters. The number of nitrogens with one attached hydrogen (secondary N) is 1. The highest BCUT2D eigenvalue weighted by atomic mass is 16.5. The molecule has 0 saturated heterocycles. The fraction of sp³-hybridized carbons (Fsp3) is 0.857. The van der Waals surface area contributed by atoms with E-state index in [1.165, 1.54) is 0 Å².